The van der Waals surface area contributed by atoms with Crippen molar-refractivity contribution < 1.29 is 9.18 Å². The van der Waals surface area contributed by atoms with E-state index in [-0.39, 0.29) is 17.1 Å². The second-order valence-corrected chi connectivity index (χ2v) is 5.76. The summed E-state index contributed by atoms with van der Waals surface area (Å²) in [4.78, 5) is 12.2. The molecule has 1 fully saturated rings. The van der Waals surface area contributed by atoms with Crippen molar-refractivity contribution in [2.75, 3.05) is 6.54 Å². The van der Waals surface area contributed by atoms with E-state index in [1.54, 1.807) is 24.3 Å². The van der Waals surface area contributed by atoms with Crippen molar-refractivity contribution in [2.24, 2.45) is 5.92 Å². The van der Waals surface area contributed by atoms with Gasteiger partial charge >= 0.3 is 0 Å². The summed E-state index contributed by atoms with van der Waals surface area (Å²) >= 11 is 6.18. The Balaban J connectivity index is 1.82. The molecule has 0 saturated heterocycles. The lowest BCUT2D eigenvalue weighted by Crippen LogP contribution is -2.30. The number of nitrogens with one attached hydrogen (secondary N) is 1. The molecule has 0 aromatic heterocycles. The maximum absolute atomic E-state index is 13.7. The third kappa shape index (κ3) is 2.63. The lowest BCUT2D eigenvalue weighted by Gasteiger charge is -2.11. The average Bonchev–Trinajstić information content (AvgIpc) is 3.30. The predicted octanol–water partition coefficient (Wildman–Crippen LogP) is 3.73. The van der Waals surface area contributed by atoms with Crippen LogP contribution in [0.1, 0.15) is 23.2 Å². The highest BCUT2D eigenvalue weighted by molar-refractivity contribution is 6.21. The van der Waals surface area contributed by atoms with E-state index < -0.39 is 0 Å². The molecule has 1 saturated carbocycles. The SMILES string of the molecule is O=C(NCC(Cl)C1CC1)c1ccc(F)c2ccccc12. The van der Waals surface area contributed by atoms with Gasteiger partial charge in [-0.1, -0.05) is 24.3 Å². The van der Waals surface area contributed by atoms with E-state index in [0.29, 0.717) is 28.8 Å². The topological polar surface area (TPSA) is 29.1 Å². The largest absolute Gasteiger partial charge is 0.351 e. The molecule has 1 atom stereocenters. The molecule has 3 rings (SSSR count). The second-order valence-electron chi connectivity index (χ2n) is 5.20. The molecule has 4 heteroatoms. The number of carbonyl (C=O) groups excluding carboxylic acids is 1. The molecular weight excluding hydrogens is 277 g/mol. The standard InChI is InChI=1S/C16H15ClFNO/c17-14(10-5-6-10)9-19-16(20)13-7-8-15(18)12-4-2-1-3-11(12)13/h1-4,7-8,10,14H,5-6,9H2,(H,19,20). The van der Waals surface area contributed by atoms with Crippen molar-refractivity contribution in [3.63, 3.8) is 0 Å². The summed E-state index contributed by atoms with van der Waals surface area (Å²) in [6.07, 6.45) is 2.28. The predicted molar refractivity (Wildman–Crippen MR) is 78.6 cm³/mol. The summed E-state index contributed by atoms with van der Waals surface area (Å²) in [5.41, 5.74) is 0.488. The minimum atomic E-state index is -0.314. The molecule has 1 aliphatic carbocycles. The zero-order chi connectivity index (χ0) is 14.1. The summed E-state index contributed by atoms with van der Waals surface area (Å²) in [6.45, 7) is 0.455. The first-order chi connectivity index (χ1) is 9.66. The van der Waals surface area contributed by atoms with Crippen LogP contribution in [0.15, 0.2) is 36.4 Å². The van der Waals surface area contributed by atoms with E-state index in [4.69, 9.17) is 11.6 Å². The Labute approximate surface area is 121 Å². The molecule has 0 aliphatic heterocycles. The molecule has 0 heterocycles. The zero-order valence-electron chi connectivity index (χ0n) is 10.9. The number of amides is 1. The van der Waals surface area contributed by atoms with Gasteiger partial charge in [-0.2, -0.15) is 0 Å². The van der Waals surface area contributed by atoms with Crippen LogP contribution in [0.5, 0.6) is 0 Å². The molecule has 2 nitrogen and oxygen atoms in total. The van der Waals surface area contributed by atoms with Crippen molar-refractivity contribution in [3.8, 4) is 0 Å². The van der Waals surface area contributed by atoms with Gasteiger partial charge in [0.25, 0.3) is 5.91 Å². The number of carbonyl (C=O) groups is 1. The van der Waals surface area contributed by atoms with E-state index in [0.717, 1.165) is 12.8 Å². The van der Waals surface area contributed by atoms with Crippen LogP contribution in [0.2, 0.25) is 0 Å². The van der Waals surface area contributed by atoms with Gasteiger partial charge < -0.3 is 5.32 Å². The fourth-order valence-corrected chi connectivity index (χ4v) is 2.70. The molecule has 1 amide bonds. The lowest BCUT2D eigenvalue weighted by molar-refractivity contribution is 0.0954. The van der Waals surface area contributed by atoms with E-state index in [1.165, 1.54) is 12.1 Å². The first-order valence-corrected chi connectivity index (χ1v) is 7.20. The summed E-state index contributed by atoms with van der Waals surface area (Å²) < 4.78 is 13.7. The van der Waals surface area contributed by atoms with E-state index >= 15 is 0 Å². The van der Waals surface area contributed by atoms with Crippen molar-refractivity contribution >= 4 is 28.3 Å². The molecule has 1 aliphatic rings. The molecule has 0 bridgehead atoms. The lowest BCUT2D eigenvalue weighted by atomic mass is 10.0. The quantitative estimate of drug-likeness (QED) is 0.855. The van der Waals surface area contributed by atoms with E-state index in [1.807, 2.05) is 0 Å². The summed E-state index contributed by atoms with van der Waals surface area (Å²) in [5, 5.41) is 3.92. The van der Waals surface area contributed by atoms with Crippen LogP contribution >= 0.6 is 11.6 Å². The van der Waals surface area contributed by atoms with Crippen LogP contribution in [-0.2, 0) is 0 Å². The van der Waals surface area contributed by atoms with Crippen LogP contribution in [0.3, 0.4) is 0 Å². The third-order valence-corrected chi connectivity index (χ3v) is 4.22. The number of hydrogen-bond acceptors (Lipinski definition) is 1. The molecular formula is C16H15ClFNO. The second kappa shape index (κ2) is 5.41. The number of fused-ring (bicyclic) bond motifs is 1. The van der Waals surface area contributed by atoms with Crippen LogP contribution in [0.4, 0.5) is 4.39 Å². The fourth-order valence-electron chi connectivity index (χ4n) is 2.37. The Morgan fingerprint density at radius 2 is 1.95 bits per heavy atom. The smallest absolute Gasteiger partial charge is 0.251 e. The highest BCUT2D eigenvalue weighted by atomic mass is 35.5. The number of halogens is 2. The number of alkyl halides is 1. The maximum atomic E-state index is 13.7. The zero-order valence-corrected chi connectivity index (χ0v) is 11.7. The summed E-state index contributed by atoms with van der Waals surface area (Å²) in [5.74, 6) is 0.0137. The monoisotopic (exact) mass is 291 g/mol. The first-order valence-electron chi connectivity index (χ1n) is 6.76. The van der Waals surface area contributed by atoms with Gasteiger partial charge in [0.05, 0.1) is 5.38 Å². The van der Waals surface area contributed by atoms with E-state index in [9.17, 15) is 9.18 Å². The van der Waals surface area contributed by atoms with Crippen molar-refractivity contribution in [3.05, 3.63) is 47.8 Å². The van der Waals surface area contributed by atoms with Gasteiger partial charge in [-0.25, -0.2) is 4.39 Å². The number of benzene rings is 2. The van der Waals surface area contributed by atoms with Gasteiger partial charge in [0, 0.05) is 17.5 Å². The van der Waals surface area contributed by atoms with Gasteiger partial charge in [0.1, 0.15) is 5.82 Å². The van der Waals surface area contributed by atoms with E-state index in [2.05, 4.69) is 5.32 Å². The first kappa shape index (κ1) is 13.4. The molecule has 2 aromatic rings. The highest BCUT2D eigenvalue weighted by Gasteiger charge is 2.29. The maximum Gasteiger partial charge on any atom is 0.251 e. The molecule has 0 radical (unpaired) electrons. The van der Waals surface area contributed by atoms with Crippen LogP contribution < -0.4 is 5.32 Å². The molecule has 0 spiro atoms. The van der Waals surface area contributed by atoms with Gasteiger partial charge in [0.2, 0.25) is 0 Å². The Morgan fingerprint density at radius 3 is 2.65 bits per heavy atom. The molecule has 1 unspecified atom stereocenters. The number of rotatable bonds is 4. The average molecular weight is 292 g/mol. The normalized spacial score (nSPS) is 16.1. The minimum Gasteiger partial charge on any atom is -0.351 e. The Morgan fingerprint density at radius 1 is 1.25 bits per heavy atom. The highest BCUT2D eigenvalue weighted by Crippen LogP contribution is 2.35. The van der Waals surface area contributed by atoms with Crippen LogP contribution in [0.25, 0.3) is 10.8 Å². The van der Waals surface area contributed by atoms with Crippen LogP contribution in [-0.4, -0.2) is 17.8 Å². The summed E-state index contributed by atoms with van der Waals surface area (Å²) in [7, 11) is 0. The number of hydrogen-bond donors (Lipinski definition) is 1. The van der Waals surface area contributed by atoms with Crippen molar-refractivity contribution in [2.45, 2.75) is 18.2 Å². The van der Waals surface area contributed by atoms with Crippen LogP contribution in [0, 0.1) is 11.7 Å². The fraction of sp³-hybridized carbons (Fsp3) is 0.312. The van der Waals surface area contributed by atoms with Gasteiger partial charge in [-0.05, 0) is 36.3 Å². The van der Waals surface area contributed by atoms with Gasteiger partial charge in [-0.3, -0.25) is 4.79 Å². The third-order valence-electron chi connectivity index (χ3n) is 3.71. The van der Waals surface area contributed by atoms with Gasteiger partial charge in [-0.15, -0.1) is 11.6 Å². The summed E-state index contributed by atoms with van der Waals surface area (Å²) in [6, 6.07) is 9.84. The van der Waals surface area contributed by atoms with Crippen molar-refractivity contribution in [1.82, 2.24) is 5.32 Å². The van der Waals surface area contributed by atoms with Gasteiger partial charge in [0.15, 0.2) is 0 Å². The minimum absolute atomic E-state index is 0.00865. The van der Waals surface area contributed by atoms with Crippen molar-refractivity contribution in [1.29, 1.82) is 0 Å². The molecule has 2 aromatic carbocycles. The molecule has 104 valence electrons. The Bertz CT molecular complexity index is 654. The molecule has 20 heavy (non-hydrogen) atoms. The Kier molecular flexibility index (Phi) is 3.62. The Hall–Kier alpha value is -1.61. The molecule has 1 N–H and O–H groups in total.